The van der Waals surface area contributed by atoms with Crippen molar-refractivity contribution in [3.05, 3.63) is 0 Å². The molecule has 0 spiro atoms. The molecule has 2 saturated carbocycles. The molecule has 2 aliphatic rings. The Morgan fingerprint density at radius 3 is 2.05 bits per heavy atom. The Hall–Kier alpha value is -0.680. The lowest BCUT2D eigenvalue weighted by molar-refractivity contribution is -0.157. The summed E-state index contributed by atoms with van der Waals surface area (Å²) < 4.78 is 47.6. The Morgan fingerprint density at radius 1 is 0.789 bits per heavy atom. The highest BCUT2D eigenvalue weighted by Gasteiger charge is 2.25. The number of ether oxygens (including phenoxy) is 4. The summed E-state index contributed by atoms with van der Waals surface area (Å²) in [6, 6.07) is 0. The van der Waals surface area contributed by atoms with E-state index in [-0.39, 0.29) is 37.4 Å². The van der Waals surface area contributed by atoms with Gasteiger partial charge >= 0.3 is 11.9 Å². The molecule has 0 radical (unpaired) electrons. The minimum Gasteiger partial charge on any atom is -0.461 e. The molecule has 0 aromatic carbocycles. The second-order valence-corrected chi connectivity index (χ2v) is 15.3. The predicted octanol–water partition coefficient (Wildman–Crippen LogP) is 6.78. The molecule has 8 nitrogen and oxygen atoms in total. The average Bonchev–Trinajstić information content (AvgIpc) is 2.91. The Labute approximate surface area is 231 Å². The molecule has 2 aliphatic carbocycles. The van der Waals surface area contributed by atoms with E-state index in [0.717, 1.165) is 51.4 Å². The van der Waals surface area contributed by atoms with Gasteiger partial charge in [-0.2, -0.15) is 0 Å². The van der Waals surface area contributed by atoms with Crippen LogP contribution in [0.15, 0.2) is 0 Å². The SMILES string of the molecule is CCCC1CCCC(OC(=O)COC(C)[PH](=O)CCCC[PH](=O)C(CC)OCC(=O)OC2CCCCC2)C1. The summed E-state index contributed by atoms with van der Waals surface area (Å²) in [6.45, 7) is 5.50. The van der Waals surface area contributed by atoms with Gasteiger partial charge in [-0.15, -0.1) is 0 Å². The Bertz CT molecular complexity index is 738. The van der Waals surface area contributed by atoms with Gasteiger partial charge in [-0.1, -0.05) is 39.5 Å². The van der Waals surface area contributed by atoms with Crippen LogP contribution in [0.3, 0.4) is 0 Å². The van der Waals surface area contributed by atoms with Crippen LogP contribution in [0.4, 0.5) is 0 Å². The maximum atomic E-state index is 12.7. The van der Waals surface area contributed by atoms with Crippen molar-refractivity contribution in [3.8, 4) is 0 Å². The van der Waals surface area contributed by atoms with Gasteiger partial charge in [-0.3, -0.25) is 0 Å². The van der Waals surface area contributed by atoms with Gasteiger partial charge in [0.2, 0.25) is 0 Å². The molecule has 38 heavy (non-hydrogen) atoms. The second-order valence-electron chi connectivity index (χ2n) is 11.0. The molecule has 10 heteroatoms. The summed E-state index contributed by atoms with van der Waals surface area (Å²) in [4.78, 5) is 24.3. The van der Waals surface area contributed by atoms with Crippen LogP contribution < -0.4 is 0 Å². The van der Waals surface area contributed by atoms with Gasteiger partial charge < -0.3 is 28.1 Å². The van der Waals surface area contributed by atoms with Gasteiger partial charge in [0.15, 0.2) is 0 Å². The van der Waals surface area contributed by atoms with Gasteiger partial charge in [-0.05, 0) is 77.0 Å². The first-order valence-corrected chi connectivity index (χ1v) is 18.4. The van der Waals surface area contributed by atoms with Gasteiger partial charge in [-0.25, -0.2) is 9.59 Å². The molecule has 0 heterocycles. The summed E-state index contributed by atoms with van der Waals surface area (Å²) in [5.41, 5.74) is 0. The summed E-state index contributed by atoms with van der Waals surface area (Å²) in [5, 5.41) is 0. The van der Waals surface area contributed by atoms with E-state index in [9.17, 15) is 18.7 Å². The zero-order valence-electron chi connectivity index (χ0n) is 23.9. The molecule has 0 bridgehead atoms. The first-order valence-electron chi connectivity index (χ1n) is 15.0. The van der Waals surface area contributed by atoms with Crippen molar-refractivity contribution in [3.63, 3.8) is 0 Å². The van der Waals surface area contributed by atoms with Crippen molar-refractivity contribution in [1.29, 1.82) is 0 Å². The smallest absolute Gasteiger partial charge is 0.332 e. The number of esters is 2. The van der Waals surface area contributed by atoms with Crippen LogP contribution in [0.25, 0.3) is 0 Å². The summed E-state index contributed by atoms with van der Waals surface area (Å²) in [6.07, 6.45) is 14.6. The topological polar surface area (TPSA) is 105 Å². The average molecular weight is 579 g/mol. The molecule has 0 aromatic heterocycles. The summed E-state index contributed by atoms with van der Waals surface area (Å²) in [7, 11) is -4.06. The van der Waals surface area contributed by atoms with E-state index in [4.69, 9.17) is 18.9 Å². The molecular formula is C28H52O8P2. The highest BCUT2D eigenvalue weighted by atomic mass is 31.1. The molecule has 0 amide bonds. The second kappa shape index (κ2) is 19.4. The maximum absolute atomic E-state index is 12.7. The first-order chi connectivity index (χ1) is 18.3. The first kappa shape index (κ1) is 33.5. The zero-order chi connectivity index (χ0) is 27.8. The third kappa shape index (κ3) is 13.6. The van der Waals surface area contributed by atoms with Crippen LogP contribution >= 0.6 is 15.6 Å². The van der Waals surface area contributed by atoms with Crippen LogP contribution in [0.5, 0.6) is 0 Å². The largest absolute Gasteiger partial charge is 0.461 e. The van der Waals surface area contributed by atoms with Gasteiger partial charge in [0.1, 0.15) is 52.7 Å². The van der Waals surface area contributed by atoms with Gasteiger partial charge in [0.25, 0.3) is 0 Å². The molecule has 0 N–H and O–H groups in total. The number of carbonyl (C=O) groups is 2. The van der Waals surface area contributed by atoms with Crippen LogP contribution in [0, 0.1) is 5.92 Å². The molecule has 6 unspecified atom stereocenters. The van der Waals surface area contributed by atoms with Crippen LogP contribution in [-0.4, -0.2) is 61.4 Å². The lowest BCUT2D eigenvalue weighted by Crippen LogP contribution is -2.28. The number of unbranched alkanes of at least 4 members (excludes halogenated alkanes) is 1. The highest BCUT2D eigenvalue weighted by Crippen LogP contribution is 2.35. The van der Waals surface area contributed by atoms with E-state index in [2.05, 4.69) is 6.92 Å². The quantitative estimate of drug-likeness (QED) is 0.0996. The third-order valence-electron chi connectivity index (χ3n) is 7.71. The van der Waals surface area contributed by atoms with Crippen molar-refractivity contribution in [1.82, 2.24) is 0 Å². The third-order valence-corrected chi connectivity index (χ3v) is 11.8. The van der Waals surface area contributed by atoms with E-state index < -0.39 is 27.3 Å². The van der Waals surface area contributed by atoms with Crippen molar-refractivity contribution < 1.29 is 37.7 Å². The van der Waals surface area contributed by atoms with E-state index in [0.29, 0.717) is 37.5 Å². The lowest BCUT2D eigenvalue weighted by atomic mass is 9.84. The fourth-order valence-electron chi connectivity index (χ4n) is 5.50. The monoisotopic (exact) mass is 578 g/mol. The van der Waals surface area contributed by atoms with E-state index in [1.54, 1.807) is 6.92 Å². The predicted molar refractivity (Wildman–Crippen MR) is 152 cm³/mol. The standard InChI is InChI=1S/C28H52O8P2/c1-4-12-23-13-11-16-25(19-23)36-26(29)20-33-22(3)37(31)17-9-10-18-38(32)28(5-2)34-21-27(30)35-24-14-7-6-8-15-24/h22-25,28,37-38H,4-21H2,1-3H3. The highest BCUT2D eigenvalue weighted by molar-refractivity contribution is 7.45. The Balaban J connectivity index is 1.56. The molecule has 222 valence electrons. The fraction of sp³-hybridized carbons (Fsp3) is 0.929. The molecule has 0 aliphatic heterocycles. The van der Waals surface area contributed by atoms with Crippen molar-refractivity contribution in [2.45, 2.75) is 135 Å². The van der Waals surface area contributed by atoms with Gasteiger partial charge in [0, 0.05) is 12.3 Å². The lowest BCUT2D eigenvalue weighted by Gasteiger charge is -2.28. The molecular weight excluding hydrogens is 526 g/mol. The van der Waals surface area contributed by atoms with E-state index >= 15 is 0 Å². The number of rotatable bonds is 18. The zero-order valence-corrected chi connectivity index (χ0v) is 25.9. The molecule has 2 fully saturated rings. The Morgan fingerprint density at radius 2 is 1.39 bits per heavy atom. The number of hydrogen-bond acceptors (Lipinski definition) is 8. The number of hydrogen-bond donors (Lipinski definition) is 0. The van der Waals surface area contributed by atoms with E-state index in [1.807, 2.05) is 6.92 Å². The van der Waals surface area contributed by atoms with Crippen molar-refractivity contribution >= 4 is 27.5 Å². The molecule has 6 atom stereocenters. The molecule has 2 rings (SSSR count). The maximum Gasteiger partial charge on any atom is 0.332 e. The normalized spacial score (nSPS) is 23.8. The molecule has 0 aromatic rings. The summed E-state index contributed by atoms with van der Waals surface area (Å²) >= 11 is 0. The fourth-order valence-corrected chi connectivity index (χ4v) is 8.42. The van der Waals surface area contributed by atoms with Gasteiger partial charge in [0.05, 0.1) is 0 Å². The number of carbonyl (C=O) groups excluding carboxylic acids is 2. The minimum atomic E-state index is -2.03. The van der Waals surface area contributed by atoms with Crippen LogP contribution in [-0.2, 0) is 37.7 Å². The van der Waals surface area contributed by atoms with Crippen molar-refractivity contribution in [2.75, 3.05) is 25.5 Å². The van der Waals surface area contributed by atoms with Crippen LogP contribution in [0.1, 0.15) is 111 Å². The summed E-state index contributed by atoms with van der Waals surface area (Å²) in [5.74, 6) is -1.04. The molecule has 0 saturated heterocycles. The van der Waals surface area contributed by atoms with E-state index in [1.165, 1.54) is 19.3 Å². The minimum absolute atomic E-state index is 0.00716. The van der Waals surface area contributed by atoms with Crippen molar-refractivity contribution in [2.24, 2.45) is 5.92 Å². The van der Waals surface area contributed by atoms with Crippen LogP contribution in [0.2, 0.25) is 0 Å². The Kier molecular flexibility index (Phi) is 17.1.